The van der Waals surface area contributed by atoms with Gasteiger partial charge in [-0.2, -0.15) is 0 Å². The first-order valence-electron chi connectivity index (χ1n) is 12.1. The van der Waals surface area contributed by atoms with Crippen LogP contribution in [0.4, 0.5) is 4.39 Å². The van der Waals surface area contributed by atoms with Gasteiger partial charge in [0.1, 0.15) is 11.9 Å². The van der Waals surface area contributed by atoms with Crippen LogP contribution in [0.3, 0.4) is 0 Å². The Bertz CT molecular complexity index is 1280. The third-order valence-corrected chi connectivity index (χ3v) is 7.50. The molecule has 0 radical (unpaired) electrons. The molecule has 3 rings (SSSR count). The van der Waals surface area contributed by atoms with Gasteiger partial charge in [-0.1, -0.05) is 61.5 Å². The van der Waals surface area contributed by atoms with Crippen molar-refractivity contribution in [1.29, 1.82) is 0 Å². The molecule has 1 unspecified atom stereocenters. The fraction of sp³-hybridized carbons (Fsp3) is 0.286. The summed E-state index contributed by atoms with van der Waals surface area (Å²) in [4.78, 5) is 27.9. The highest BCUT2D eigenvalue weighted by Gasteiger charge is 2.26. The van der Waals surface area contributed by atoms with E-state index in [4.69, 9.17) is 0 Å². The Morgan fingerprint density at radius 1 is 0.892 bits per heavy atom. The lowest BCUT2D eigenvalue weighted by molar-refractivity contribution is -0.140. The van der Waals surface area contributed by atoms with Gasteiger partial charge in [0.15, 0.2) is 0 Å². The van der Waals surface area contributed by atoms with Crippen molar-refractivity contribution in [2.24, 2.45) is 0 Å². The van der Waals surface area contributed by atoms with Gasteiger partial charge in [0.05, 0.1) is 4.90 Å². The largest absolute Gasteiger partial charge is 0.350 e. The van der Waals surface area contributed by atoms with Crippen LogP contribution in [0.15, 0.2) is 83.8 Å². The first-order chi connectivity index (χ1) is 17.7. The van der Waals surface area contributed by atoms with Crippen LogP contribution < -0.4 is 10.0 Å². The van der Waals surface area contributed by atoms with Crippen LogP contribution in [0.2, 0.25) is 0 Å². The van der Waals surface area contributed by atoms with Gasteiger partial charge < -0.3 is 10.2 Å². The molecule has 0 aliphatic carbocycles. The number of benzene rings is 3. The van der Waals surface area contributed by atoms with E-state index in [2.05, 4.69) is 10.0 Å². The van der Waals surface area contributed by atoms with E-state index >= 15 is 0 Å². The Kier molecular flexibility index (Phi) is 9.93. The molecule has 0 spiro atoms. The molecule has 0 aliphatic heterocycles. The molecule has 3 aromatic carbocycles. The van der Waals surface area contributed by atoms with Gasteiger partial charge in [0.2, 0.25) is 21.8 Å². The number of hydrogen-bond donors (Lipinski definition) is 2. The highest BCUT2D eigenvalue weighted by Crippen LogP contribution is 2.16. The summed E-state index contributed by atoms with van der Waals surface area (Å²) in [5.41, 5.74) is 2.45. The molecule has 2 amide bonds. The number of carbonyl (C=O) groups excluding carboxylic acids is 2. The minimum Gasteiger partial charge on any atom is -0.350 e. The van der Waals surface area contributed by atoms with E-state index in [1.807, 2.05) is 30.3 Å². The SMILES string of the molecule is CCNS(=O)(=O)c1ccc(CCC(=O)N(Cc2ccc(F)cc2)C(C)C(=O)NCc2ccccc2)cc1. The van der Waals surface area contributed by atoms with E-state index in [9.17, 15) is 22.4 Å². The molecule has 37 heavy (non-hydrogen) atoms. The number of hydrogen-bond acceptors (Lipinski definition) is 4. The van der Waals surface area contributed by atoms with Crippen molar-refractivity contribution in [3.05, 3.63) is 101 Å². The number of amides is 2. The Labute approximate surface area is 217 Å². The fourth-order valence-corrected chi connectivity index (χ4v) is 4.85. The van der Waals surface area contributed by atoms with Crippen LogP contribution in [0, 0.1) is 5.82 Å². The second kappa shape index (κ2) is 13.1. The number of sulfonamides is 1. The van der Waals surface area contributed by atoms with Crippen molar-refractivity contribution in [2.45, 2.75) is 50.7 Å². The summed E-state index contributed by atoms with van der Waals surface area (Å²) in [7, 11) is -3.55. The number of aryl methyl sites for hydroxylation is 1. The van der Waals surface area contributed by atoms with Crippen molar-refractivity contribution < 1.29 is 22.4 Å². The summed E-state index contributed by atoms with van der Waals surface area (Å²) in [5, 5.41) is 2.88. The predicted octanol–water partition coefficient (Wildman–Crippen LogP) is 3.79. The quantitative estimate of drug-likeness (QED) is 0.376. The van der Waals surface area contributed by atoms with E-state index < -0.39 is 16.1 Å². The Balaban J connectivity index is 1.69. The average Bonchev–Trinajstić information content (AvgIpc) is 2.90. The van der Waals surface area contributed by atoms with E-state index in [0.29, 0.717) is 25.1 Å². The maximum atomic E-state index is 13.4. The molecule has 2 N–H and O–H groups in total. The lowest BCUT2D eigenvalue weighted by Crippen LogP contribution is -2.47. The molecule has 0 aromatic heterocycles. The standard InChI is InChI=1S/C28H32FN3O4S/c1-3-31-37(35,36)26-16-11-22(12-17-26)13-18-27(33)32(20-24-9-14-25(29)15-10-24)21(2)28(34)30-19-23-7-5-4-6-8-23/h4-12,14-17,21,31H,3,13,18-20H2,1-2H3,(H,30,34). The smallest absolute Gasteiger partial charge is 0.242 e. The topological polar surface area (TPSA) is 95.6 Å². The second-order valence-corrected chi connectivity index (χ2v) is 10.4. The summed E-state index contributed by atoms with van der Waals surface area (Å²) in [6, 6.07) is 20.9. The van der Waals surface area contributed by atoms with Crippen LogP contribution in [-0.2, 0) is 39.1 Å². The van der Waals surface area contributed by atoms with Gasteiger partial charge in [-0.05, 0) is 54.3 Å². The summed E-state index contributed by atoms with van der Waals surface area (Å²) >= 11 is 0. The van der Waals surface area contributed by atoms with Crippen molar-refractivity contribution in [3.63, 3.8) is 0 Å². The third kappa shape index (κ3) is 8.23. The van der Waals surface area contributed by atoms with Crippen LogP contribution in [0.1, 0.15) is 37.0 Å². The average molecular weight is 526 g/mol. The van der Waals surface area contributed by atoms with Crippen LogP contribution in [-0.4, -0.2) is 37.7 Å². The molecular weight excluding hydrogens is 493 g/mol. The molecular formula is C28H32FN3O4S. The lowest BCUT2D eigenvalue weighted by atomic mass is 10.1. The normalized spacial score (nSPS) is 12.1. The summed E-state index contributed by atoms with van der Waals surface area (Å²) < 4.78 is 40.1. The Hall–Kier alpha value is -3.56. The number of halogens is 1. The molecule has 0 saturated heterocycles. The zero-order valence-electron chi connectivity index (χ0n) is 21.0. The predicted molar refractivity (Wildman–Crippen MR) is 140 cm³/mol. The first-order valence-corrected chi connectivity index (χ1v) is 13.6. The summed E-state index contributed by atoms with van der Waals surface area (Å²) in [5.74, 6) is -0.914. The monoisotopic (exact) mass is 525 g/mol. The van der Waals surface area contributed by atoms with Gasteiger partial charge in [-0.25, -0.2) is 17.5 Å². The number of nitrogens with zero attached hydrogens (tertiary/aromatic N) is 1. The highest BCUT2D eigenvalue weighted by atomic mass is 32.2. The van der Waals surface area contributed by atoms with Crippen molar-refractivity contribution >= 4 is 21.8 Å². The zero-order chi connectivity index (χ0) is 26.8. The number of nitrogens with one attached hydrogen (secondary N) is 2. The van der Waals surface area contributed by atoms with Gasteiger partial charge in [-0.15, -0.1) is 0 Å². The van der Waals surface area contributed by atoms with Crippen LogP contribution in [0.5, 0.6) is 0 Å². The van der Waals surface area contributed by atoms with Gasteiger partial charge in [-0.3, -0.25) is 9.59 Å². The summed E-state index contributed by atoms with van der Waals surface area (Å²) in [6.07, 6.45) is 0.495. The third-order valence-electron chi connectivity index (χ3n) is 5.94. The zero-order valence-corrected chi connectivity index (χ0v) is 21.8. The van der Waals surface area contributed by atoms with Crippen LogP contribution >= 0.6 is 0 Å². The molecule has 1 atom stereocenters. The molecule has 9 heteroatoms. The maximum absolute atomic E-state index is 13.4. The molecule has 0 heterocycles. The van der Waals surface area contributed by atoms with Crippen molar-refractivity contribution in [3.8, 4) is 0 Å². The van der Waals surface area contributed by atoms with E-state index in [1.165, 1.54) is 29.2 Å². The lowest BCUT2D eigenvalue weighted by Gasteiger charge is -2.29. The van der Waals surface area contributed by atoms with Crippen molar-refractivity contribution in [1.82, 2.24) is 14.9 Å². The Morgan fingerprint density at radius 3 is 2.14 bits per heavy atom. The van der Waals surface area contributed by atoms with Crippen molar-refractivity contribution in [2.75, 3.05) is 6.54 Å². The minimum absolute atomic E-state index is 0.122. The van der Waals surface area contributed by atoms with E-state index in [-0.39, 0.29) is 35.5 Å². The second-order valence-electron chi connectivity index (χ2n) is 8.67. The maximum Gasteiger partial charge on any atom is 0.242 e. The number of rotatable bonds is 12. The molecule has 0 bridgehead atoms. The molecule has 196 valence electrons. The molecule has 7 nitrogen and oxygen atoms in total. The van der Waals surface area contributed by atoms with Gasteiger partial charge in [0, 0.05) is 26.1 Å². The molecule has 0 fully saturated rings. The summed E-state index contributed by atoms with van der Waals surface area (Å²) in [6.45, 7) is 4.16. The van der Waals surface area contributed by atoms with Gasteiger partial charge >= 0.3 is 0 Å². The Morgan fingerprint density at radius 2 is 1.51 bits per heavy atom. The molecule has 0 saturated carbocycles. The molecule has 3 aromatic rings. The number of carbonyl (C=O) groups is 2. The molecule has 0 aliphatic rings. The van der Waals surface area contributed by atoms with Gasteiger partial charge in [0.25, 0.3) is 0 Å². The van der Waals surface area contributed by atoms with Crippen LogP contribution in [0.25, 0.3) is 0 Å². The van der Waals surface area contributed by atoms with E-state index in [1.54, 1.807) is 38.1 Å². The minimum atomic E-state index is -3.55. The highest BCUT2D eigenvalue weighted by molar-refractivity contribution is 7.89. The fourth-order valence-electron chi connectivity index (χ4n) is 3.81. The van der Waals surface area contributed by atoms with E-state index in [0.717, 1.165) is 11.1 Å². The first kappa shape index (κ1) is 28.0.